The molecule has 44 heavy (non-hydrogen) atoms. The highest BCUT2D eigenvalue weighted by molar-refractivity contribution is 7.89. The van der Waals surface area contributed by atoms with E-state index >= 15 is 0 Å². The molecular formula is C33H46N8O2S. The van der Waals surface area contributed by atoms with E-state index in [2.05, 4.69) is 61.6 Å². The van der Waals surface area contributed by atoms with Crippen molar-refractivity contribution in [3.63, 3.8) is 0 Å². The van der Waals surface area contributed by atoms with Gasteiger partial charge in [0.05, 0.1) is 4.90 Å². The Balaban J connectivity index is 1.23. The molecule has 1 heterocycles. The zero-order valence-electron chi connectivity index (χ0n) is 26.3. The fraction of sp³-hybridized carbons (Fsp3) is 0.424. The molecule has 0 saturated heterocycles. The maximum atomic E-state index is 13.1. The summed E-state index contributed by atoms with van der Waals surface area (Å²) in [6, 6.07) is 21.3. The van der Waals surface area contributed by atoms with E-state index in [1.807, 2.05) is 61.5 Å². The van der Waals surface area contributed by atoms with E-state index in [-0.39, 0.29) is 0 Å². The molecule has 0 radical (unpaired) electrons. The third kappa shape index (κ3) is 9.78. The van der Waals surface area contributed by atoms with Crippen LogP contribution in [0, 0.1) is 5.92 Å². The molecule has 1 aromatic heterocycles. The van der Waals surface area contributed by atoms with Crippen LogP contribution in [0.1, 0.15) is 51.5 Å². The molecule has 0 saturated carbocycles. The first-order chi connectivity index (χ1) is 21.2. The monoisotopic (exact) mass is 618 g/mol. The van der Waals surface area contributed by atoms with Crippen LogP contribution in [0.5, 0.6) is 0 Å². The zero-order valence-corrected chi connectivity index (χ0v) is 27.1. The largest absolute Gasteiger partial charge is 0.377 e. The Morgan fingerprint density at radius 2 is 1.30 bits per heavy atom. The van der Waals surface area contributed by atoms with Crippen LogP contribution in [0.3, 0.4) is 0 Å². The second-order valence-electron chi connectivity index (χ2n) is 11.5. The molecule has 0 spiro atoms. The van der Waals surface area contributed by atoms with Crippen molar-refractivity contribution in [1.82, 2.24) is 19.7 Å². The third-order valence-corrected chi connectivity index (χ3v) is 8.76. The van der Waals surface area contributed by atoms with Crippen LogP contribution in [0.15, 0.2) is 71.6 Å². The fourth-order valence-electron chi connectivity index (χ4n) is 4.84. The van der Waals surface area contributed by atoms with Gasteiger partial charge in [0.15, 0.2) is 0 Å². The Labute approximate surface area is 262 Å². The number of benzene rings is 3. The van der Waals surface area contributed by atoms with E-state index in [4.69, 9.17) is 0 Å². The van der Waals surface area contributed by atoms with Gasteiger partial charge in [-0.1, -0.05) is 81.3 Å². The predicted octanol–water partition coefficient (Wildman–Crippen LogP) is 6.11. The molecule has 0 amide bonds. The van der Waals surface area contributed by atoms with Gasteiger partial charge in [-0.05, 0) is 42.9 Å². The number of nitrogens with one attached hydrogen (secondary N) is 4. The van der Waals surface area contributed by atoms with Gasteiger partial charge < -0.3 is 20.9 Å². The maximum absolute atomic E-state index is 13.1. The molecule has 4 rings (SSSR count). The summed E-state index contributed by atoms with van der Waals surface area (Å²) in [7, 11) is 0.294. The summed E-state index contributed by atoms with van der Waals surface area (Å²) >= 11 is 0. The van der Waals surface area contributed by atoms with Crippen LogP contribution in [-0.4, -0.2) is 57.1 Å². The van der Waals surface area contributed by atoms with Crippen LogP contribution < -0.4 is 25.6 Å². The van der Waals surface area contributed by atoms with Crippen molar-refractivity contribution in [2.75, 3.05) is 54.6 Å². The standard InChI is InChI=1S/C33H46N8O2S/c1-25(2)20-23-35-32-38-31(39-33(40-32)36-24-26-14-8-7-9-15-26)34-21-10-5-6-11-22-37-44(42,43)30-19-13-16-27-28(30)17-12-18-29(27)41(3)4/h7-9,12-19,25,37H,5-6,10-11,20-24H2,1-4H3,(H3,34,35,36,38,39,40). The van der Waals surface area contributed by atoms with Gasteiger partial charge in [-0.25, -0.2) is 13.1 Å². The normalized spacial score (nSPS) is 11.6. The number of hydrogen-bond acceptors (Lipinski definition) is 9. The Kier molecular flexibility index (Phi) is 12.1. The number of anilines is 4. The first-order valence-corrected chi connectivity index (χ1v) is 16.9. The lowest BCUT2D eigenvalue weighted by atomic mass is 10.1. The van der Waals surface area contributed by atoms with Crippen molar-refractivity contribution < 1.29 is 8.42 Å². The predicted molar refractivity (Wildman–Crippen MR) is 182 cm³/mol. The van der Waals surface area contributed by atoms with Gasteiger partial charge in [0.2, 0.25) is 27.9 Å². The molecule has 11 heteroatoms. The van der Waals surface area contributed by atoms with E-state index < -0.39 is 10.0 Å². The van der Waals surface area contributed by atoms with E-state index in [0.717, 1.165) is 60.7 Å². The van der Waals surface area contributed by atoms with Gasteiger partial charge in [-0.2, -0.15) is 15.0 Å². The topological polar surface area (TPSA) is 124 Å². The van der Waals surface area contributed by atoms with Crippen LogP contribution in [0.2, 0.25) is 0 Å². The number of fused-ring (bicyclic) bond motifs is 1. The number of hydrogen-bond donors (Lipinski definition) is 4. The summed E-state index contributed by atoms with van der Waals surface area (Å²) < 4.78 is 29.1. The van der Waals surface area contributed by atoms with E-state index in [9.17, 15) is 8.42 Å². The average Bonchev–Trinajstić information content (AvgIpc) is 3.01. The Hall–Kier alpha value is -3.96. The minimum atomic E-state index is -3.62. The minimum Gasteiger partial charge on any atom is -0.377 e. The summed E-state index contributed by atoms with van der Waals surface area (Å²) in [5.41, 5.74) is 2.14. The Morgan fingerprint density at radius 3 is 1.98 bits per heavy atom. The highest BCUT2D eigenvalue weighted by Crippen LogP contribution is 2.30. The van der Waals surface area contributed by atoms with Gasteiger partial charge in [0.1, 0.15) is 0 Å². The molecule has 0 aliphatic rings. The average molecular weight is 619 g/mol. The molecule has 0 unspecified atom stereocenters. The summed E-state index contributed by atoms with van der Waals surface area (Å²) in [4.78, 5) is 16.0. The highest BCUT2D eigenvalue weighted by atomic mass is 32.2. The number of rotatable bonds is 18. The van der Waals surface area contributed by atoms with Gasteiger partial charge in [-0.3, -0.25) is 0 Å². The molecule has 0 aliphatic heterocycles. The first-order valence-electron chi connectivity index (χ1n) is 15.4. The Morgan fingerprint density at radius 1 is 0.682 bits per heavy atom. The lowest BCUT2D eigenvalue weighted by Crippen LogP contribution is -2.25. The third-order valence-electron chi connectivity index (χ3n) is 7.24. The van der Waals surface area contributed by atoms with Crippen LogP contribution >= 0.6 is 0 Å². The van der Waals surface area contributed by atoms with Crippen molar-refractivity contribution in [2.24, 2.45) is 5.92 Å². The fourth-order valence-corrected chi connectivity index (χ4v) is 6.13. The molecule has 0 bridgehead atoms. The molecule has 0 fully saturated rings. The highest BCUT2D eigenvalue weighted by Gasteiger charge is 2.18. The Bertz CT molecular complexity index is 1580. The van der Waals surface area contributed by atoms with Crippen molar-refractivity contribution >= 4 is 44.3 Å². The SMILES string of the molecule is CC(C)CCNc1nc(NCCCCCCNS(=O)(=O)c2cccc3c(N(C)C)cccc23)nc(NCc2ccccc2)n1. The smallest absolute Gasteiger partial charge is 0.241 e. The van der Waals surface area contributed by atoms with Crippen LogP contribution in [0.25, 0.3) is 10.8 Å². The van der Waals surface area contributed by atoms with E-state index in [1.165, 1.54) is 0 Å². The number of unbranched alkanes of at least 4 members (excludes halogenated alkanes) is 3. The molecule has 3 aromatic carbocycles. The molecule has 4 N–H and O–H groups in total. The van der Waals surface area contributed by atoms with Crippen molar-refractivity contribution in [3.8, 4) is 0 Å². The van der Waals surface area contributed by atoms with Crippen molar-refractivity contribution in [2.45, 2.75) is 57.4 Å². The van der Waals surface area contributed by atoms with Crippen LogP contribution in [0.4, 0.5) is 23.5 Å². The van der Waals surface area contributed by atoms with Crippen molar-refractivity contribution in [3.05, 3.63) is 72.3 Å². The van der Waals surface area contributed by atoms with Crippen LogP contribution in [-0.2, 0) is 16.6 Å². The maximum Gasteiger partial charge on any atom is 0.241 e. The summed E-state index contributed by atoms with van der Waals surface area (Å²) in [6.07, 6.45) is 4.57. The minimum absolute atomic E-state index is 0.316. The lowest BCUT2D eigenvalue weighted by Gasteiger charge is -2.17. The summed E-state index contributed by atoms with van der Waals surface area (Å²) in [5, 5.41) is 11.6. The van der Waals surface area contributed by atoms with Gasteiger partial charge in [0, 0.05) is 56.7 Å². The summed E-state index contributed by atoms with van der Waals surface area (Å²) in [5.74, 6) is 2.19. The van der Waals surface area contributed by atoms with E-state index in [0.29, 0.717) is 48.3 Å². The summed E-state index contributed by atoms with van der Waals surface area (Å²) in [6.45, 7) is 6.90. The first kappa shape index (κ1) is 32.9. The van der Waals surface area contributed by atoms with E-state index in [1.54, 1.807) is 12.1 Å². The van der Waals surface area contributed by atoms with Crippen molar-refractivity contribution in [1.29, 1.82) is 0 Å². The molecule has 10 nitrogen and oxygen atoms in total. The molecule has 0 atom stereocenters. The van der Waals surface area contributed by atoms with Gasteiger partial charge >= 0.3 is 0 Å². The number of nitrogens with zero attached hydrogens (tertiary/aromatic N) is 4. The second kappa shape index (κ2) is 16.2. The zero-order chi connectivity index (χ0) is 31.4. The number of aromatic nitrogens is 3. The lowest BCUT2D eigenvalue weighted by molar-refractivity contribution is 0.573. The molecular weight excluding hydrogens is 572 g/mol. The molecule has 236 valence electrons. The number of sulfonamides is 1. The molecule has 0 aliphatic carbocycles. The second-order valence-corrected chi connectivity index (χ2v) is 13.3. The van der Waals surface area contributed by atoms with Gasteiger partial charge in [0.25, 0.3) is 0 Å². The van der Waals surface area contributed by atoms with Gasteiger partial charge in [-0.15, -0.1) is 0 Å². The quantitative estimate of drug-likeness (QED) is 0.0978. The molecule has 4 aromatic rings.